The number of anilines is 2. The second-order valence-electron chi connectivity index (χ2n) is 6.40. The Kier molecular flexibility index (Phi) is 5.12. The van der Waals surface area contributed by atoms with Crippen LogP contribution in [0.4, 0.5) is 11.4 Å². The molecule has 3 aromatic rings. The van der Waals surface area contributed by atoms with Gasteiger partial charge in [0.15, 0.2) is 6.61 Å². The summed E-state index contributed by atoms with van der Waals surface area (Å²) in [6.45, 7) is 0.449. The van der Waals surface area contributed by atoms with Crippen LogP contribution in [-0.4, -0.2) is 18.4 Å². The van der Waals surface area contributed by atoms with E-state index in [2.05, 4.69) is 21.2 Å². The van der Waals surface area contributed by atoms with Gasteiger partial charge in [-0.25, -0.2) is 0 Å². The van der Waals surface area contributed by atoms with Crippen molar-refractivity contribution < 1.29 is 14.3 Å². The molecular formula is C22H17BrN2O3. The molecule has 6 heteroatoms. The van der Waals surface area contributed by atoms with E-state index >= 15 is 0 Å². The lowest BCUT2D eigenvalue weighted by atomic mass is 10.1. The minimum atomic E-state index is -0.217. The maximum atomic E-state index is 12.5. The molecule has 1 heterocycles. The van der Waals surface area contributed by atoms with Crippen LogP contribution in [0.2, 0.25) is 0 Å². The van der Waals surface area contributed by atoms with Gasteiger partial charge in [-0.05, 0) is 48.0 Å². The SMILES string of the molecule is O=C(Nc1ccc2c(c1)N(Cc1ccccc1)C(=O)CO2)c1ccc(Br)cc1. The second kappa shape index (κ2) is 7.86. The number of rotatable bonds is 4. The van der Waals surface area contributed by atoms with Crippen LogP contribution in [0, 0.1) is 0 Å². The maximum Gasteiger partial charge on any atom is 0.265 e. The lowest BCUT2D eigenvalue weighted by molar-refractivity contribution is -0.121. The first-order valence-electron chi connectivity index (χ1n) is 8.78. The van der Waals surface area contributed by atoms with E-state index in [1.54, 1.807) is 35.2 Å². The summed E-state index contributed by atoms with van der Waals surface area (Å²) >= 11 is 3.36. The van der Waals surface area contributed by atoms with Crippen molar-refractivity contribution >= 4 is 39.1 Å². The molecular weight excluding hydrogens is 420 g/mol. The zero-order valence-electron chi connectivity index (χ0n) is 14.9. The number of carbonyl (C=O) groups is 2. The van der Waals surface area contributed by atoms with Gasteiger partial charge in [0.1, 0.15) is 5.75 Å². The van der Waals surface area contributed by atoms with Crippen molar-refractivity contribution in [2.75, 3.05) is 16.8 Å². The smallest absolute Gasteiger partial charge is 0.265 e. The number of halogens is 1. The van der Waals surface area contributed by atoms with Gasteiger partial charge in [-0.15, -0.1) is 0 Å². The molecule has 4 rings (SSSR count). The fourth-order valence-corrected chi connectivity index (χ4v) is 3.29. The molecule has 3 aromatic carbocycles. The monoisotopic (exact) mass is 436 g/mol. The van der Waals surface area contributed by atoms with Crippen LogP contribution in [0.15, 0.2) is 77.3 Å². The summed E-state index contributed by atoms with van der Waals surface area (Å²) in [6.07, 6.45) is 0. The van der Waals surface area contributed by atoms with Crippen LogP contribution >= 0.6 is 15.9 Å². The molecule has 5 nitrogen and oxygen atoms in total. The van der Waals surface area contributed by atoms with Crippen molar-refractivity contribution in [1.82, 2.24) is 0 Å². The summed E-state index contributed by atoms with van der Waals surface area (Å²) in [4.78, 5) is 26.6. The van der Waals surface area contributed by atoms with Crippen molar-refractivity contribution in [3.8, 4) is 5.75 Å². The largest absolute Gasteiger partial charge is 0.482 e. The number of benzene rings is 3. The van der Waals surface area contributed by atoms with Gasteiger partial charge in [-0.3, -0.25) is 9.59 Å². The molecule has 0 bridgehead atoms. The number of nitrogens with one attached hydrogen (secondary N) is 1. The van der Waals surface area contributed by atoms with E-state index in [0.29, 0.717) is 29.2 Å². The number of fused-ring (bicyclic) bond motifs is 1. The van der Waals surface area contributed by atoms with Crippen molar-refractivity contribution in [3.63, 3.8) is 0 Å². The van der Waals surface area contributed by atoms with E-state index in [4.69, 9.17) is 4.74 Å². The van der Waals surface area contributed by atoms with E-state index in [1.807, 2.05) is 42.5 Å². The lowest BCUT2D eigenvalue weighted by Gasteiger charge is -2.30. The number of nitrogens with zero attached hydrogens (tertiary/aromatic N) is 1. The molecule has 0 radical (unpaired) electrons. The Bertz CT molecular complexity index is 1020. The first-order chi connectivity index (χ1) is 13.6. The first-order valence-corrected chi connectivity index (χ1v) is 9.57. The highest BCUT2D eigenvalue weighted by Crippen LogP contribution is 2.35. The van der Waals surface area contributed by atoms with Crippen molar-refractivity contribution in [3.05, 3.63) is 88.4 Å². The molecule has 1 aliphatic rings. The van der Waals surface area contributed by atoms with Gasteiger partial charge < -0.3 is 15.0 Å². The van der Waals surface area contributed by atoms with Crippen molar-refractivity contribution in [2.45, 2.75) is 6.54 Å². The molecule has 2 amide bonds. The minimum Gasteiger partial charge on any atom is -0.482 e. The molecule has 1 aliphatic heterocycles. The number of amides is 2. The molecule has 0 aromatic heterocycles. The number of carbonyl (C=O) groups excluding carboxylic acids is 2. The highest BCUT2D eigenvalue weighted by Gasteiger charge is 2.26. The summed E-state index contributed by atoms with van der Waals surface area (Å²) in [7, 11) is 0. The van der Waals surface area contributed by atoms with Gasteiger partial charge in [0, 0.05) is 15.7 Å². The quantitative estimate of drug-likeness (QED) is 0.648. The Morgan fingerprint density at radius 1 is 1.04 bits per heavy atom. The summed E-state index contributed by atoms with van der Waals surface area (Å²) in [5.74, 6) is 0.287. The Hall–Kier alpha value is -3.12. The average molecular weight is 437 g/mol. The average Bonchev–Trinajstić information content (AvgIpc) is 2.71. The second-order valence-corrected chi connectivity index (χ2v) is 7.31. The van der Waals surface area contributed by atoms with E-state index in [0.717, 1.165) is 10.0 Å². The van der Waals surface area contributed by atoms with Crippen LogP contribution in [-0.2, 0) is 11.3 Å². The first kappa shape index (κ1) is 18.3. The lowest BCUT2D eigenvalue weighted by Crippen LogP contribution is -2.38. The number of hydrogen-bond donors (Lipinski definition) is 1. The summed E-state index contributed by atoms with van der Waals surface area (Å²) < 4.78 is 6.46. The summed E-state index contributed by atoms with van der Waals surface area (Å²) in [6, 6.07) is 22.2. The standard InChI is InChI=1S/C22H17BrN2O3/c23-17-8-6-16(7-9-17)22(27)24-18-10-11-20-19(12-18)25(21(26)14-28-20)13-15-4-2-1-3-5-15/h1-12H,13-14H2,(H,24,27). The zero-order valence-corrected chi connectivity index (χ0v) is 16.5. The fourth-order valence-electron chi connectivity index (χ4n) is 3.02. The third kappa shape index (κ3) is 3.92. The zero-order chi connectivity index (χ0) is 19.5. The van der Waals surface area contributed by atoms with Crippen molar-refractivity contribution in [2.24, 2.45) is 0 Å². The molecule has 0 atom stereocenters. The molecule has 0 saturated heterocycles. The Balaban J connectivity index is 1.59. The van der Waals surface area contributed by atoms with E-state index in [-0.39, 0.29) is 18.4 Å². The van der Waals surface area contributed by atoms with Crippen LogP contribution in [0.5, 0.6) is 5.75 Å². The Morgan fingerprint density at radius 3 is 2.54 bits per heavy atom. The third-order valence-electron chi connectivity index (χ3n) is 4.45. The minimum absolute atomic E-state index is 0.00440. The molecule has 28 heavy (non-hydrogen) atoms. The number of ether oxygens (including phenoxy) is 1. The fraction of sp³-hybridized carbons (Fsp3) is 0.0909. The van der Waals surface area contributed by atoms with Crippen LogP contribution < -0.4 is 15.0 Å². The molecule has 0 saturated carbocycles. The third-order valence-corrected chi connectivity index (χ3v) is 4.98. The van der Waals surface area contributed by atoms with E-state index in [9.17, 15) is 9.59 Å². The molecule has 0 spiro atoms. The van der Waals surface area contributed by atoms with E-state index in [1.165, 1.54) is 0 Å². The predicted octanol–water partition coefficient (Wildman–Crippen LogP) is 4.63. The van der Waals surface area contributed by atoms with Crippen LogP contribution in [0.25, 0.3) is 0 Å². The highest BCUT2D eigenvalue weighted by atomic mass is 79.9. The van der Waals surface area contributed by atoms with Gasteiger partial charge in [-0.1, -0.05) is 46.3 Å². The van der Waals surface area contributed by atoms with Gasteiger partial charge >= 0.3 is 0 Å². The Labute approximate surface area is 171 Å². The van der Waals surface area contributed by atoms with Crippen LogP contribution in [0.1, 0.15) is 15.9 Å². The van der Waals surface area contributed by atoms with E-state index < -0.39 is 0 Å². The molecule has 0 unspecified atom stereocenters. The molecule has 0 aliphatic carbocycles. The van der Waals surface area contributed by atoms with Gasteiger partial charge in [-0.2, -0.15) is 0 Å². The molecule has 140 valence electrons. The van der Waals surface area contributed by atoms with Crippen molar-refractivity contribution in [1.29, 1.82) is 0 Å². The highest BCUT2D eigenvalue weighted by molar-refractivity contribution is 9.10. The van der Waals surface area contributed by atoms with Crippen LogP contribution in [0.3, 0.4) is 0 Å². The maximum absolute atomic E-state index is 12.5. The topological polar surface area (TPSA) is 58.6 Å². The molecule has 1 N–H and O–H groups in total. The Morgan fingerprint density at radius 2 is 1.79 bits per heavy atom. The van der Waals surface area contributed by atoms with Gasteiger partial charge in [0.2, 0.25) is 0 Å². The molecule has 0 fully saturated rings. The summed E-state index contributed by atoms with van der Waals surface area (Å²) in [5, 5.41) is 2.88. The van der Waals surface area contributed by atoms with Gasteiger partial charge in [0.05, 0.1) is 12.2 Å². The predicted molar refractivity (Wildman–Crippen MR) is 112 cm³/mol. The summed E-state index contributed by atoms with van der Waals surface area (Å²) in [5.41, 5.74) is 2.82. The normalized spacial score (nSPS) is 12.9. The van der Waals surface area contributed by atoms with Gasteiger partial charge in [0.25, 0.3) is 11.8 Å². The number of hydrogen-bond acceptors (Lipinski definition) is 3.